The highest BCUT2D eigenvalue weighted by Crippen LogP contribution is 2.32. The van der Waals surface area contributed by atoms with Crippen LogP contribution in [0.4, 0.5) is 5.13 Å². The Labute approximate surface area is 134 Å². The van der Waals surface area contributed by atoms with Crippen molar-refractivity contribution in [1.82, 2.24) is 15.1 Å². The third-order valence-electron chi connectivity index (χ3n) is 4.27. The topological polar surface area (TPSA) is 75.2 Å². The number of nitrogens with zero attached hydrogens (tertiary/aromatic N) is 3. The summed E-state index contributed by atoms with van der Waals surface area (Å²) < 4.78 is 0. The van der Waals surface area contributed by atoms with Crippen molar-refractivity contribution >= 4 is 28.3 Å². The fourth-order valence-corrected chi connectivity index (χ4v) is 3.43. The van der Waals surface area contributed by atoms with Crippen LogP contribution in [0.15, 0.2) is 0 Å². The van der Waals surface area contributed by atoms with Gasteiger partial charge in [-0.3, -0.25) is 9.59 Å². The maximum atomic E-state index is 12.3. The van der Waals surface area contributed by atoms with Gasteiger partial charge in [0, 0.05) is 30.8 Å². The quantitative estimate of drug-likeness (QED) is 0.922. The molecule has 0 bridgehead atoms. The van der Waals surface area contributed by atoms with Gasteiger partial charge in [0.1, 0.15) is 5.01 Å². The number of amides is 2. The van der Waals surface area contributed by atoms with Crippen LogP contribution in [0, 0.1) is 11.8 Å². The van der Waals surface area contributed by atoms with Gasteiger partial charge in [-0.1, -0.05) is 25.2 Å². The van der Waals surface area contributed by atoms with Gasteiger partial charge in [-0.15, -0.1) is 10.2 Å². The molecule has 0 atom stereocenters. The molecule has 120 valence electrons. The highest BCUT2D eigenvalue weighted by molar-refractivity contribution is 7.15. The van der Waals surface area contributed by atoms with E-state index in [-0.39, 0.29) is 23.7 Å². The van der Waals surface area contributed by atoms with E-state index in [1.807, 2.05) is 4.90 Å². The SMILES string of the molecule is CC(C)c1nnc(NC(=O)C2CCN(C(=O)C3CC3)CC2)s1. The van der Waals surface area contributed by atoms with Gasteiger partial charge < -0.3 is 10.2 Å². The van der Waals surface area contributed by atoms with Crippen LogP contribution in [0.25, 0.3) is 0 Å². The lowest BCUT2D eigenvalue weighted by Crippen LogP contribution is -2.42. The molecule has 0 unspecified atom stereocenters. The van der Waals surface area contributed by atoms with E-state index in [4.69, 9.17) is 0 Å². The molecule has 1 N–H and O–H groups in total. The summed E-state index contributed by atoms with van der Waals surface area (Å²) >= 11 is 1.43. The number of piperidine rings is 1. The highest BCUT2D eigenvalue weighted by Gasteiger charge is 2.36. The fourth-order valence-electron chi connectivity index (χ4n) is 2.68. The standard InChI is InChI=1S/C15H22N4O2S/c1-9(2)13-17-18-15(22-13)16-12(20)10-5-7-19(8-6-10)14(21)11-3-4-11/h9-11H,3-8H2,1-2H3,(H,16,18,20). The monoisotopic (exact) mass is 322 g/mol. The number of rotatable bonds is 4. The Morgan fingerprint density at radius 3 is 2.36 bits per heavy atom. The van der Waals surface area contributed by atoms with Crippen molar-refractivity contribution in [3.8, 4) is 0 Å². The van der Waals surface area contributed by atoms with Crippen LogP contribution >= 0.6 is 11.3 Å². The molecule has 1 aliphatic heterocycles. The van der Waals surface area contributed by atoms with Crippen LogP contribution in [0.3, 0.4) is 0 Å². The van der Waals surface area contributed by atoms with Crippen molar-refractivity contribution in [1.29, 1.82) is 0 Å². The summed E-state index contributed by atoms with van der Waals surface area (Å²) in [6.07, 6.45) is 3.54. The van der Waals surface area contributed by atoms with Gasteiger partial charge in [0.25, 0.3) is 0 Å². The predicted molar refractivity (Wildman–Crippen MR) is 84.7 cm³/mol. The second-order valence-corrected chi connectivity index (χ2v) is 7.47. The molecule has 7 heteroatoms. The zero-order chi connectivity index (χ0) is 15.7. The van der Waals surface area contributed by atoms with Gasteiger partial charge in [0.05, 0.1) is 0 Å². The minimum Gasteiger partial charge on any atom is -0.342 e. The van der Waals surface area contributed by atoms with Crippen LogP contribution in [0.2, 0.25) is 0 Å². The Morgan fingerprint density at radius 1 is 1.14 bits per heavy atom. The van der Waals surface area contributed by atoms with Gasteiger partial charge in [0.15, 0.2) is 0 Å². The molecule has 1 saturated heterocycles. The normalized spacial score (nSPS) is 19.5. The van der Waals surface area contributed by atoms with Gasteiger partial charge in [-0.05, 0) is 25.7 Å². The average molecular weight is 322 g/mol. The van der Waals surface area contributed by atoms with Crippen molar-refractivity contribution < 1.29 is 9.59 Å². The van der Waals surface area contributed by atoms with Crippen molar-refractivity contribution in [2.24, 2.45) is 11.8 Å². The third kappa shape index (κ3) is 3.45. The van der Waals surface area contributed by atoms with E-state index < -0.39 is 0 Å². The number of hydrogen-bond donors (Lipinski definition) is 1. The number of likely N-dealkylation sites (tertiary alicyclic amines) is 1. The molecule has 1 aromatic rings. The number of hydrogen-bond acceptors (Lipinski definition) is 5. The zero-order valence-electron chi connectivity index (χ0n) is 13.0. The number of carbonyl (C=O) groups excluding carboxylic acids is 2. The summed E-state index contributed by atoms with van der Waals surface area (Å²) in [6.45, 7) is 5.50. The van der Waals surface area contributed by atoms with Crippen molar-refractivity contribution in [3.63, 3.8) is 0 Å². The smallest absolute Gasteiger partial charge is 0.229 e. The van der Waals surface area contributed by atoms with E-state index in [0.29, 0.717) is 24.1 Å². The minimum absolute atomic E-state index is 0.00461. The zero-order valence-corrected chi connectivity index (χ0v) is 13.9. The van der Waals surface area contributed by atoms with Crippen LogP contribution in [-0.2, 0) is 9.59 Å². The molecule has 1 aliphatic carbocycles. The highest BCUT2D eigenvalue weighted by atomic mass is 32.1. The number of nitrogens with one attached hydrogen (secondary N) is 1. The van der Waals surface area contributed by atoms with Crippen molar-refractivity contribution in [2.75, 3.05) is 18.4 Å². The second-order valence-electron chi connectivity index (χ2n) is 6.46. The Bertz CT molecular complexity index is 560. The lowest BCUT2D eigenvalue weighted by atomic mass is 9.95. The predicted octanol–water partition coefficient (Wildman–Crippen LogP) is 2.25. The van der Waals surface area contributed by atoms with Crippen LogP contribution in [0.5, 0.6) is 0 Å². The van der Waals surface area contributed by atoms with Crippen molar-refractivity contribution in [3.05, 3.63) is 5.01 Å². The van der Waals surface area contributed by atoms with Crippen LogP contribution < -0.4 is 5.32 Å². The number of aromatic nitrogens is 2. The average Bonchev–Trinajstić information content (AvgIpc) is 3.26. The van der Waals surface area contributed by atoms with E-state index >= 15 is 0 Å². The fraction of sp³-hybridized carbons (Fsp3) is 0.733. The van der Waals surface area contributed by atoms with E-state index in [1.165, 1.54) is 11.3 Å². The molecule has 2 heterocycles. The summed E-state index contributed by atoms with van der Waals surface area (Å²) in [6, 6.07) is 0. The van der Waals surface area contributed by atoms with Gasteiger partial charge in [-0.25, -0.2) is 0 Å². The van der Waals surface area contributed by atoms with E-state index in [0.717, 1.165) is 30.7 Å². The molecule has 2 aliphatic rings. The summed E-state index contributed by atoms with van der Waals surface area (Å²) in [4.78, 5) is 26.2. The largest absolute Gasteiger partial charge is 0.342 e. The van der Waals surface area contributed by atoms with Gasteiger partial charge in [-0.2, -0.15) is 0 Å². The first-order valence-electron chi connectivity index (χ1n) is 7.97. The molecular formula is C15H22N4O2S. The summed E-state index contributed by atoms with van der Waals surface area (Å²) in [5.74, 6) is 0.838. The Hall–Kier alpha value is -1.50. The van der Waals surface area contributed by atoms with Crippen LogP contribution in [0.1, 0.15) is 50.5 Å². The lowest BCUT2D eigenvalue weighted by molar-refractivity contribution is -0.135. The molecule has 3 rings (SSSR count). The summed E-state index contributed by atoms with van der Waals surface area (Å²) in [5.41, 5.74) is 0. The molecule has 1 aromatic heterocycles. The molecule has 0 radical (unpaired) electrons. The van der Waals surface area contributed by atoms with E-state index in [1.54, 1.807) is 0 Å². The maximum Gasteiger partial charge on any atom is 0.229 e. The maximum absolute atomic E-state index is 12.3. The Kier molecular flexibility index (Phi) is 4.42. The van der Waals surface area contributed by atoms with Crippen molar-refractivity contribution in [2.45, 2.75) is 45.4 Å². The van der Waals surface area contributed by atoms with Gasteiger partial charge >= 0.3 is 0 Å². The summed E-state index contributed by atoms with van der Waals surface area (Å²) in [7, 11) is 0. The molecule has 2 amide bonds. The summed E-state index contributed by atoms with van der Waals surface area (Å²) in [5, 5.41) is 12.5. The molecule has 1 saturated carbocycles. The third-order valence-corrected chi connectivity index (χ3v) is 5.41. The lowest BCUT2D eigenvalue weighted by Gasteiger charge is -2.31. The Balaban J connectivity index is 1.49. The molecule has 0 aromatic carbocycles. The number of carbonyl (C=O) groups is 2. The van der Waals surface area contributed by atoms with E-state index in [2.05, 4.69) is 29.4 Å². The van der Waals surface area contributed by atoms with Crippen LogP contribution in [-0.4, -0.2) is 40.0 Å². The molecular weight excluding hydrogens is 300 g/mol. The first kappa shape index (κ1) is 15.4. The van der Waals surface area contributed by atoms with E-state index in [9.17, 15) is 9.59 Å². The number of anilines is 1. The molecule has 0 spiro atoms. The second kappa shape index (κ2) is 6.32. The minimum atomic E-state index is -0.0327. The van der Waals surface area contributed by atoms with Gasteiger partial charge in [0.2, 0.25) is 16.9 Å². The molecule has 6 nitrogen and oxygen atoms in total. The first-order chi connectivity index (χ1) is 10.5. The molecule has 2 fully saturated rings. The first-order valence-corrected chi connectivity index (χ1v) is 8.79. The Morgan fingerprint density at radius 2 is 1.82 bits per heavy atom. The molecule has 22 heavy (non-hydrogen) atoms.